The Bertz CT molecular complexity index is 4070. The summed E-state index contributed by atoms with van der Waals surface area (Å²) >= 11 is 0. The fourth-order valence-corrected chi connectivity index (χ4v) is 8.30. The molecule has 0 unspecified atom stereocenters. The van der Waals surface area contributed by atoms with E-state index in [1.165, 1.54) is 22.9 Å². The monoisotopic (exact) mass is 862 g/mol. The lowest BCUT2D eigenvalue weighted by Gasteiger charge is -2.27. The number of nitrogens with zero attached hydrogens (tertiary/aromatic N) is 4. The molecule has 0 aliphatic carbocycles. The van der Waals surface area contributed by atoms with Crippen molar-refractivity contribution in [3.8, 4) is 50.9 Å². The standard InChI is InChI=1S/C60H56N4O/c1-40(2)32-41-30-31-61-57(33-41)64-53-25-13-12-22-51(53)52-29-28-48(38-56(52)64)65-47-21-16-20-46(37-47)62-39-63(55-27-15-14-26-54(55)62)58-49(42-18-10-9-11-19-42)23-17-24-50(58)43-34-44(59(3,4)5)36-45(35-43)60(6,7)8/h9-31,33-38,40H,32H2,1-8H3/i9D,10D,11D,12D,13D,18D,19D,22D,25D,28D,29D,32D2. The van der Waals surface area contributed by atoms with Crippen LogP contribution in [0.15, 0.2) is 176 Å². The Labute approximate surface area is 401 Å². The van der Waals surface area contributed by atoms with Crippen LogP contribution in [0.4, 0.5) is 0 Å². The zero-order chi connectivity index (χ0) is 56.4. The Kier molecular flexibility index (Phi) is 7.38. The first-order chi connectivity index (χ1) is 36.6. The highest BCUT2D eigenvalue weighted by Crippen LogP contribution is 2.40. The molecule has 3 heterocycles. The highest BCUT2D eigenvalue weighted by Gasteiger charge is 2.25. The summed E-state index contributed by atoms with van der Waals surface area (Å²) < 4.78 is 128. The maximum atomic E-state index is 9.42. The van der Waals surface area contributed by atoms with E-state index >= 15 is 0 Å². The Balaban J connectivity index is 1.18. The van der Waals surface area contributed by atoms with E-state index in [1.807, 2.05) is 51.6 Å². The normalized spacial score (nSPS) is 15.2. The Morgan fingerprint density at radius 2 is 1.34 bits per heavy atom. The van der Waals surface area contributed by atoms with Gasteiger partial charge in [0.05, 0.1) is 48.5 Å². The third-order valence-electron chi connectivity index (χ3n) is 11.5. The van der Waals surface area contributed by atoms with Crippen LogP contribution in [0.3, 0.4) is 0 Å². The van der Waals surface area contributed by atoms with Crippen LogP contribution in [0.25, 0.3) is 72.3 Å². The van der Waals surface area contributed by atoms with E-state index in [1.54, 1.807) is 44.2 Å². The van der Waals surface area contributed by atoms with E-state index in [9.17, 15) is 5.48 Å². The van der Waals surface area contributed by atoms with Gasteiger partial charge in [0.25, 0.3) is 6.33 Å². The van der Waals surface area contributed by atoms with Crippen molar-refractivity contribution in [2.24, 2.45) is 5.92 Å². The van der Waals surface area contributed by atoms with Crippen molar-refractivity contribution >= 4 is 32.8 Å². The minimum Gasteiger partial charge on any atom is -0.458 e. The molecule has 0 aliphatic heterocycles. The van der Waals surface area contributed by atoms with Gasteiger partial charge in [0, 0.05) is 25.8 Å². The first-order valence-corrected chi connectivity index (χ1v) is 21.7. The quantitative estimate of drug-likeness (QED) is 0.107. The van der Waals surface area contributed by atoms with Crippen molar-refractivity contribution in [1.29, 1.82) is 0 Å². The van der Waals surface area contributed by atoms with E-state index < -0.39 is 54.6 Å². The number of ether oxygens (including phenoxy) is 1. The Morgan fingerprint density at radius 1 is 0.646 bits per heavy atom. The maximum absolute atomic E-state index is 9.42. The van der Waals surface area contributed by atoms with E-state index in [0.717, 1.165) is 22.3 Å². The van der Waals surface area contributed by atoms with Crippen LogP contribution in [-0.2, 0) is 17.2 Å². The van der Waals surface area contributed by atoms with Crippen LogP contribution in [0.2, 0.25) is 0 Å². The number of hydrogen-bond donors (Lipinski definition) is 0. The van der Waals surface area contributed by atoms with Crippen LogP contribution < -0.4 is 9.30 Å². The lowest BCUT2D eigenvalue weighted by molar-refractivity contribution is -0.571. The zero-order valence-corrected chi connectivity index (χ0v) is 37.7. The summed E-state index contributed by atoms with van der Waals surface area (Å²) in [4.78, 5) is 4.57. The molecule has 10 aromatic rings. The number of hydrogen-bond acceptors (Lipinski definition) is 2. The van der Waals surface area contributed by atoms with Gasteiger partial charge in [0.1, 0.15) is 17.3 Å². The number of pyridine rings is 1. The Morgan fingerprint density at radius 3 is 2.09 bits per heavy atom. The molecule has 0 radical (unpaired) electrons. The van der Waals surface area contributed by atoms with Gasteiger partial charge >= 0.3 is 0 Å². The van der Waals surface area contributed by atoms with Gasteiger partial charge in [0.15, 0.2) is 0 Å². The summed E-state index contributed by atoms with van der Waals surface area (Å²) in [6.45, 7) is 16.5. The second-order valence-corrected chi connectivity index (χ2v) is 18.6. The summed E-state index contributed by atoms with van der Waals surface area (Å²) in [5.41, 5.74) is 6.64. The number of aromatic nitrogens is 4. The molecule has 5 nitrogen and oxygen atoms in total. The van der Waals surface area contributed by atoms with Crippen molar-refractivity contribution in [1.82, 2.24) is 14.1 Å². The number of fused-ring (bicyclic) bond motifs is 4. The smallest absolute Gasteiger partial charge is 0.269 e. The maximum Gasteiger partial charge on any atom is 0.269 e. The second kappa shape index (κ2) is 16.4. The molecule has 0 amide bonds. The van der Waals surface area contributed by atoms with Gasteiger partial charge in [0.2, 0.25) is 0 Å². The number of para-hydroxylation sites is 4. The molecule has 0 saturated carbocycles. The molecule has 5 heteroatoms. The molecule has 0 spiro atoms. The van der Waals surface area contributed by atoms with Crippen LogP contribution in [0.5, 0.6) is 11.5 Å². The summed E-state index contributed by atoms with van der Waals surface area (Å²) in [6, 6.07) is 26.7. The lowest BCUT2D eigenvalue weighted by atomic mass is 9.78. The van der Waals surface area contributed by atoms with Crippen molar-refractivity contribution in [3.05, 3.63) is 199 Å². The average molecular weight is 862 g/mol. The van der Waals surface area contributed by atoms with Crippen LogP contribution >= 0.6 is 0 Å². The van der Waals surface area contributed by atoms with Gasteiger partial charge in [-0.3, -0.25) is 13.7 Å². The van der Waals surface area contributed by atoms with Crippen molar-refractivity contribution in [2.45, 2.75) is 72.6 Å². The van der Waals surface area contributed by atoms with Crippen molar-refractivity contribution in [2.75, 3.05) is 0 Å². The van der Waals surface area contributed by atoms with Crippen molar-refractivity contribution in [3.63, 3.8) is 0 Å². The van der Waals surface area contributed by atoms with Crippen LogP contribution in [-0.4, -0.2) is 14.1 Å². The zero-order valence-electron chi connectivity index (χ0n) is 50.7. The predicted octanol–water partition coefficient (Wildman–Crippen LogP) is 15.1. The fourth-order valence-electron chi connectivity index (χ4n) is 8.30. The highest BCUT2D eigenvalue weighted by molar-refractivity contribution is 6.09. The first kappa shape index (κ1) is 29.3. The average Bonchev–Trinajstić information content (AvgIpc) is 4.17. The third-order valence-corrected chi connectivity index (χ3v) is 11.5. The third kappa shape index (κ3) is 8.01. The molecule has 10 rings (SSSR count). The van der Waals surface area contributed by atoms with Gasteiger partial charge in [-0.15, -0.1) is 0 Å². The lowest BCUT2D eigenvalue weighted by Crippen LogP contribution is -2.31. The van der Waals surface area contributed by atoms with Gasteiger partial charge in [-0.2, -0.15) is 0 Å². The van der Waals surface area contributed by atoms with Gasteiger partial charge in [-0.05, 0) is 111 Å². The summed E-state index contributed by atoms with van der Waals surface area (Å²) in [5.74, 6) is -0.106. The van der Waals surface area contributed by atoms with Crippen LogP contribution in [0, 0.1) is 12.2 Å². The van der Waals surface area contributed by atoms with Gasteiger partial charge in [-0.25, -0.2) is 4.98 Å². The fraction of sp³-hybridized carbons (Fsp3) is 0.200. The molecular formula is C60H56N4O. The number of imidazole rings is 1. The minimum atomic E-state index is -1.80. The summed E-state index contributed by atoms with van der Waals surface area (Å²) in [6.07, 6.45) is 3.22. The van der Waals surface area contributed by atoms with E-state index in [0.29, 0.717) is 33.5 Å². The van der Waals surface area contributed by atoms with E-state index in [-0.39, 0.29) is 79.7 Å². The molecule has 0 aliphatic rings. The molecule has 0 N–H and O–H groups in total. The number of rotatable bonds is 9. The van der Waals surface area contributed by atoms with E-state index in [4.69, 9.17) is 17.1 Å². The minimum absolute atomic E-state index is 0.00832. The van der Waals surface area contributed by atoms with Gasteiger partial charge < -0.3 is 4.74 Å². The molecule has 0 fully saturated rings. The molecular weight excluding hydrogens is 793 g/mol. The van der Waals surface area contributed by atoms with Crippen LogP contribution in [0.1, 0.15) is 89.9 Å². The molecule has 65 heavy (non-hydrogen) atoms. The second-order valence-electron chi connectivity index (χ2n) is 18.6. The molecule has 322 valence electrons. The molecule has 0 bridgehead atoms. The summed E-state index contributed by atoms with van der Waals surface area (Å²) in [5, 5.41) is 0.0847. The number of benzene rings is 7. The van der Waals surface area contributed by atoms with Crippen molar-refractivity contribution < 1.29 is 27.1 Å². The molecule has 7 aromatic carbocycles. The topological polar surface area (TPSA) is 35.9 Å². The Hall–Kier alpha value is -7.24. The molecule has 0 saturated heterocycles. The molecule has 3 aromatic heterocycles. The molecule has 0 atom stereocenters. The van der Waals surface area contributed by atoms with E-state index in [2.05, 4.69) is 71.1 Å². The predicted molar refractivity (Wildman–Crippen MR) is 269 cm³/mol. The largest absolute Gasteiger partial charge is 0.458 e. The van der Waals surface area contributed by atoms with Gasteiger partial charge in [-0.1, -0.05) is 170 Å². The summed E-state index contributed by atoms with van der Waals surface area (Å²) in [7, 11) is 0. The highest BCUT2D eigenvalue weighted by atomic mass is 16.5. The first-order valence-electron chi connectivity index (χ1n) is 28.2. The SMILES string of the molecule is [2H]c1c([2H])c([2H])c(-c2cccc(-c3cc(C(C)(C)C)cc(C(C)(C)C)c3)c2-[n+]2[c-]n(-c3cccc(Oc4cc5c(c([2H])c4[2H])c4c([2H])c([2H])c([2H])c([2H])c4n5-c4cc(C([2H])([2H])C(C)C)ccn4)c3)c3ccccc32)c([2H])c1[2H].